The molecule has 0 saturated carbocycles. The number of hydrogen-bond acceptors (Lipinski definition) is 7. The second-order valence-electron chi connectivity index (χ2n) is 7.12. The molecule has 3 aromatic carbocycles. The number of para-hydroxylation sites is 1. The normalized spacial score (nSPS) is 14.5. The van der Waals surface area contributed by atoms with Gasteiger partial charge in [-0.05, 0) is 60.7 Å². The van der Waals surface area contributed by atoms with Gasteiger partial charge in [-0.3, -0.25) is 4.79 Å². The van der Waals surface area contributed by atoms with Crippen LogP contribution in [-0.4, -0.2) is 26.2 Å². The van der Waals surface area contributed by atoms with Gasteiger partial charge in [0.05, 0.1) is 0 Å². The van der Waals surface area contributed by atoms with E-state index < -0.39 is 16.1 Å². The first-order chi connectivity index (χ1) is 16.2. The molecular weight excluding hydrogens is 480 g/mol. The third-order valence-electron chi connectivity index (χ3n) is 4.59. The molecule has 0 bridgehead atoms. The number of cyclic esters (lactones) is 1. The van der Waals surface area contributed by atoms with Crippen molar-refractivity contribution < 1.29 is 26.9 Å². The lowest BCUT2D eigenvalue weighted by atomic mass is 10.1. The number of aliphatic imine (C=N–C) groups is 1. The minimum atomic E-state index is -4.19. The highest BCUT2D eigenvalue weighted by Gasteiger charge is 2.25. The minimum Gasteiger partial charge on any atom is -0.402 e. The van der Waals surface area contributed by atoms with Gasteiger partial charge in [0.15, 0.2) is 5.70 Å². The predicted molar refractivity (Wildman–Crippen MR) is 127 cm³/mol. The molecule has 0 aromatic heterocycles. The predicted octanol–water partition coefficient (Wildman–Crippen LogP) is 4.41. The molecule has 0 atom stereocenters. The number of anilines is 1. The van der Waals surface area contributed by atoms with Crippen molar-refractivity contribution in [3.05, 3.63) is 94.6 Å². The van der Waals surface area contributed by atoms with Crippen molar-refractivity contribution in [1.29, 1.82) is 0 Å². The molecule has 172 valence electrons. The molecule has 3 aromatic rings. The summed E-state index contributed by atoms with van der Waals surface area (Å²) in [6.07, 6.45) is 1.38. The number of rotatable bonds is 6. The fourth-order valence-corrected chi connectivity index (χ4v) is 4.10. The number of hydrogen-bond donors (Lipinski definition) is 1. The highest BCUT2D eigenvalue weighted by Crippen LogP contribution is 2.28. The van der Waals surface area contributed by atoms with Gasteiger partial charge in [-0.1, -0.05) is 29.8 Å². The molecule has 0 saturated heterocycles. The van der Waals surface area contributed by atoms with Crippen molar-refractivity contribution in [3.63, 3.8) is 0 Å². The van der Waals surface area contributed by atoms with Gasteiger partial charge < -0.3 is 14.2 Å². The number of amides is 1. The molecule has 34 heavy (non-hydrogen) atoms. The Morgan fingerprint density at radius 3 is 2.38 bits per heavy atom. The molecule has 0 fully saturated rings. The first-order valence-electron chi connectivity index (χ1n) is 9.91. The summed E-state index contributed by atoms with van der Waals surface area (Å²) in [6, 6.07) is 18.5. The van der Waals surface area contributed by atoms with Crippen molar-refractivity contribution >= 4 is 51.3 Å². The van der Waals surface area contributed by atoms with Crippen LogP contribution in [0, 0.1) is 0 Å². The summed E-state index contributed by atoms with van der Waals surface area (Å²) in [5.41, 5.74) is 1.31. The summed E-state index contributed by atoms with van der Waals surface area (Å²) in [5.74, 6) is -0.848. The summed E-state index contributed by atoms with van der Waals surface area (Å²) in [5, 5.41) is 3.09. The molecular formula is C24H17ClN2O6S. The van der Waals surface area contributed by atoms with Gasteiger partial charge in [0.25, 0.3) is 0 Å². The van der Waals surface area contributed by atoms with Crippen molar-refractivity contribution in [2.24, 2.45) is 4.99 Å². The standard InChI is InChI=1S/C24H17ClN2O6S/c1-15(28)26-19-10-12-20(13-11-19)34(30,31)33-22-5-3-2-4-17(22)14-21-24(29)32-23(27-21)16-6-8-18(25)9-7-16/h2-14H,1H3,(H,26,28). The van der Waals surface area contributed by atoms with Crippen LogP contribution >= 0.6 is 11.6 Å². The number of carbonyl (C=O) groups excluding carboxylic acids is 2. The van der Waals surface area contributed by atoms with Gasteiger partial charge in [-0.15, -0.1) is 0 Å². The average Bonchev–Trinajstić information content (AvgIpc) is 3.15. The number of nitrogens with one attached hydrogen (secondary N) is 1. The Morgan fingerprint density at radius 2 is 1.71 bits per heavy atom. The number of benzene rings is 3. The second kappa shape index (κ2) is 9.50. The molecule has 1 aliphatic heterocycles. The van der Waals surface area contributed by atoms with E-state index in [4.69, 9.17) is 20.5 Å². The maximum absolute atomic E-state index is 12.8. The zero-order valence-electron chi connectivity index (χ0n) is 17.7. The van der Waals surface area contributed by atoms with Crippen LogP contribution in [0.1, 0.15) is 18.1 Å². The van der Waals surface area contributed by atoms with Crippen LogP contribution in [0.3, 0.4) is 0 Å². The van der Waals surface area contributed by atoms with Gasteiger partial charge in [0.2, 0.25) is 11.8 Å². The number of esters is 1. The van der Waals surface area contributed by atoms with Crippen LogP contribution in [0.15, 0.2) is 88.4 Å². The zero-order chi connectivity index (χ0) is 24.3. The number of carbonyl (C=O) groups is 2. The van der Waals surface area contributed by atoms with E-state index in [1.807, 2.05) is 0 Å². The Kier molecular flexibility index (Phi) is 6.49. The molecule has 4 rings (SSSR count). The SMILES string of the molecule is CC(=O)Nc1ccc(S(=O)(=O)Oc2ccccc2C=C2N=C(c3ccc(Cl)cc3)OC2=O)cc1. The van der Waals surface area contributed by atoms with Crippen LogP contribution < -0.4 is 9.50 Å². The number of nitrogens with zero attached hydrogens (tertiary/aromatic N) is 1. The molecule has 0 aliphatic carbocycles. The Bertz CT molecular complexity index is 1430. The minimum absolute atomic E-state index is 0.00359. The lowest BCUT2D eigenvalue weighted by Crippen LogP contribution is -2.11. The molecule has 0 spiro atoms. The van der Waals surface area contributed by atoms with E-state index in [1.165, 1.54) is 43.3 Å². The monoisotopic (exact) mass is 496 g/mol. The van der Waals surface area contributed by atoms with Crippen molar-refractivity contribution in [3.8, 4) is 5.75 Å². The van der Waals surface area contributed by atoms with Gasteiger partial charge in [-0.2, -0.15) is 8.42 Å². The maximum Gasteiger partial charge on any atom is 0.363 e. The number of halogens is 1. The van der Waals surface area contributed by atoms with E-state index in [9.17, 15) is 18.0 Å². The Hall–Kier alpha value is -3.95. The fourth-order valence-electron chi connectivity index (χ4n) is 3.02. The highest BCUT2D eigenvalue weighted by molar-refractivity contribution is 7.87. The van der Waals surface area contributed by atoms with Crippen LogP contribution in [0.4, 0.5) is 5.69 Å². The lowest BCUT2D eigenvalue weighted by Gasteiger charge is -2.10. The van der Waals surface area contributed by atoms with Gasteiger partial charge in [0, 0.05) is 28.8 Å². The van der Waals surface area contributed by atoms with Crippen molar-refractivity contribution in [1.82, 2.24) is 0 Å². The smallest absolute Gasteiger partial charge is 0.363 e. The summed E-state index contributed by atoms with van der Waals surface area (Å²) >= 11 is 5.89. The molecule has 1 N–H and O–H groups in total. The molecule has 10 heteroatoms. The summed E-state index contributed by atoms with van der Waals surface area (Å²) in [4.78, 5) is 27.6. The largest absolute Gasteiger partial charge is 0.402 e. The molecule has 0 radical (unpaired) electrons. The van der Waals surface area contributed by atoms with E-state index in [0.29, 0.717) is 21.8 Å². The van der Waals surface area contributed by atoms with Gasteiger partial charge in [0.1, 0.15) is 10.6 Å². The zero-order valence-corrected chi connectivity index (χ0v) is 19.3. The Balaban J connectivity index is 1.60. The summed E-state index contributed by atoms with van der Waals surface area (Å²) in [6.45, 7) is 1.35. The van der Waals surface area contributed by atoms with Gasteiger partial charge in [-0.25, -0.2) is 9.79 Å². The molecule has 0 unspecified atom stereocenters. The summed E-state index contributed by atoms with van der Waals surface area (Å²) < 4.78 is 36.2. The lowest BCUT2D eigenvalue weighted by molar-refractivity contribution is -0.129. The number of ether oxygens (including phenoxy) is 1. The topological polar surface area (TPSA) is 111 Å². The van der Waals surface area contributed by atoms with Crippen LogP contribution in [-0.2, 0) is 24.4 Å². The van der Waals surface area contributed by atoms with Gasteiger partial charge >= 0.3 is 16.1 Å². The third kappa shape index (κ3) is 5.33. The third-order valence-corrected chi connectivity index (χ3v) is 6.09. The average molecular weight is 497 g/mol. The fraction of sp³-hybridized carbons (Fsp3) is 0.0417. The van der Waals surface area contributed by atoms with Crippen LogP contribution in [0.5, 0.6) is 5.75 Å². The molecule has 8 nitrogen and oxygen atoms in total. The quantitative estimate of drug-likeness (QED) is 0.307. The highest BCUT2D eigenvalue weighted by atomic mass is 35.5. The first kappa shape index (κ1) is 23.2. The van der Waals surface area contributed by atoms with Crippen LogP contribution in [0.2, 0.25) is 5.02 Å². The van der Waals surface area contributed by atoms with E-state index >= 15 is 0 Å². The Morgan fingerprint density at radius 1 is 1.03 bits per heavy atom. The van der Waals surface area contributed by atoms with Crippen molar-refractivity contribution in [2.75, 3.05) is 5.32 Å². The summed E-state index contributed by atoms with van der Waals surface area (Å²) in [7, 11) is -4.19. The van der Waals surface area contributed by atoms with E-state index in [2.05, 4.69) is 10.3 Å². The molecule has 1 aliphatic rings. The molecule has 1 heterocycles. The van der Waals surface area contributed by atoms with Crippen LogP contribution in [0.25, 0.3) is 6.08 Å². The van der Waals surface area contributed by atoms with E-state index in [0.717, 1.165) is 0 Å². The Labute approximate surface area is 200 Å². The van der Waals surface area contributed by atoms with Crippen molar-refractivity contribution in [2.45, 2.75) is 11.8 Å². The van der Waals surface area contributed by atoms with E-state index in [1.54, 1.807) is 42.5 Å². The second-order valence-corrected chi connectivity index (χ2v) is 9.11. The maximum atomic E-state index is 12.8. The van der Waals surface area contributed by atoms with E-state index in [-0.39, 0.29) is 28.1 Å². The molecule has 1 amide bonds. The first-order valence-corrected chi connectivity index (χ1v) is 11.7.